The fourth-order valence-electron chi connectivity index (χ4n) is 1.71. The Kier molecular flexibility index (Phi) is 4.33. The summed E-state index contributed by atoms with van der Waals surface area (Å²) in [6, 6.07) is 3.86. The van der Waals surface area contributed by atoms with Crippen LogP contribution < -0.4 is 5.73 Å². The molecule has 6 heteroatoms. The monoisotopic (exact) mass is 310 g/mol. The minimum atomic E-state index is 0.559. The Labute approximate surface area is 114 Å². The molecule has 0 aliphatic rings. The summed E-state index contributed by atoms with van der Waals surface area (Å²) in [7, 11) is 1.68. The average Bonchev–Trinajstić information content (AvgIpc) is 2.71. The second kappa shape index (κ2) is 5.97. The Morgan fingerprint density at radius 3 is 3.06 bits per heavy atom. The van der Waals surface area contributed by atoms with Crippen molar-refractivity contribution in [3.8, 4) is 0 Å². The molecule has 0 unspecified atom stereocenters. The van der Waals surface area contributed by atoms with Crippen LogP contribution in [0.25, 0.3) is 0 Å². The lowest BCUT2D eigenvalue weighted by molar-refractivity contribution is 0.182. The topological polar surface area (TPSA) is 66.0 Å². The molecule has 18 heavy (non-hydrogen) atoms. The molecule has 0 atom stereocenters. The molecule has 96 valence electrons. The van der Waals surface area contributed by atoms with Crippen molar-refractivity contribution in [3.05, 3.63) is 40.3 Å². The molecule has 0 aliphatic heterocycles. The van der Waals surface area contributed by atoms with Crippen LogP contribution in [0, 0.1) is 0 Å². The lowest BCUT2D eigenvalue weighted by Gasteiger charge is -2.09. The van der Waals surface area contributed by atoms with E-state index in [0.29, 0.717) is 18.8 Å². The second-order valence-corrected chi connectivity index (χ2v) is 4.73. The molecule has 0 saturated heterocycles. The number of aromatic nitrogens is 3. The third kappa shape index (κ3) is 2.88. The van der Waals surface area contributed by atoms with E-state index in [-0.39, 0.29) is 0 Å². The van der Waals surface area contributed by atoms with Gasteiger partial charge in [0.25, 0.3) is 0 Å². The van der Waals surface area contributed by atoms with Gasteiger partial charge in [-0.15, -0.1) is 0 Å². The number of pyridine rings is 1. The minimum absolute atomic E-state index is 0.559. The van der Waals surface area contributed by atoms with Gasteiger partial charge in [-0.1, -0.05) is 6.07 Å². The SMILES string of the molecule is COCCn1ncc(Br)c1Cc1cccnc1N. The summed E-state index contributed by atoms with van der Waals surface area (Å²) < 4.78 is 7.96. The van der Waals surface area contributed by atoms with Gasteiger partial charge < -0.3 is 10.5 Å². The minimum Gasteiger partial charge on any atom is -0.383 e. The van der Waals surface area contributed by atoms with Gasteiger partial charge >= 0.3 is 0 Å². The Morgan fingerprint density at radius 2 is 2.33 bits per heavy atom. The summed E-state index contributed by atoms with van der Waals surface area (Å²) in [5, 5.41) is 4.31. The van der Waals surface area contributed by atoms with Gasteiger partial charge in [0.2, 0.25) is 0 Å². The lowest BCUT2D eigenvalue weighted by Crippen LogP contribution is -2.10. The third-order valence-corrected chi connectivity index (χ3v) is 3.35. The standard InChI is InChI=1S/C12H15BrN4O/c1-18-6-5-17-11(10(13)8-16-17)7-9-3-2-4-15-12(9)14/h2-4,8H,5-7H2,1H3,(H2,14,15). The Bertz CT molecular complexity index is 527. The van der Waals surface area contributed by atoms with E-state index in [0.717, 1.165) is 22.3 Å². The highest BCUT2D eigenvalue weighted by Crippen LogP contribution is 2.21. The van der Waals surface area contributed by atoms with Gasteiger partial charge in [-0.2, -0.15) is 5.10 Å². The summed E-state index contributed by atoms with van der Waals surface area (Å²) in [5.74, 6) is 0.559. The molecule has 0 saturated carbocycles. The van der Waals surface area contributed by atoms with Gasteiger partial charge in [-0.3, -0.25) is 4.68 Å². The molecule has 0 spiro atoms. The molecule has 2 N–H and O–H groups in total. The number of nitrogens with zero attached hydrogens (tertiary/aromatic N) is 3. The molecule has 5 nitrogen and oxygen atoms in total. The molecule has 0 fully saturated rings. The summed E-state index contributed by atoms with van der Waals surface area (Å²) in [6.07, 6.45) is 4.18. The third-order valence-electron chi connectivity index (χ3n) is 2.69. The van der Waals surface area contributed by atoms with Crippen LogP contribution in [0.5, 0.6) is 0 Å². The fourth-order valence-corrected chi connectivity index (χ4v) is 2.15. The fraction of sp³-hybridized carbons (Fsp3) is 0.333. The van der Waals surface area contributed by atoms with E-state index in [4.69, 9.17) is 10.5 Å². The first kappa shape index (κ1) is 13.0. The normalized spacial score (nSPS) is 10.8. The number of halogens is 1. The van der Waals surface area contributed by atoms with Crippen molar-refractivity contribution in [3.63, 3.8) is 0 Å². The number of anilines is 1. The molecule has 0 bridgehead atoms. The number of methoxy groups -OCH3 is 1. The van der Waals surface area contributed by atoms with Crippen LogP contribution in [-0.2, 0) is 17.7 Å². The van der Waals surface area contributed by atoms with Crippen LogP contribution in [-0.4, -0.2) is 28.5 Å². The molecule has 0 amide bonds. The van der Waals surface area contributed by atoms with E-state index in [1.165, 1.54) is 0 Å². The maximum absolute atomic E-state index is 5.86. The van der Waals surface area contributed by atoms with Gasteiger partial charge in [0.05, 0.1) is 29.5 Å². The van der Waals surface area contributed by atoms with Crippen molar-refractivity contribution in [1.82, 2.24) is 14.8 Å². The molecule has 2 rings (SSSR count). The van der Waals surface area contributed by atoms with E-state index in [1.807, 2.05) is 16.8 Å². The zero-order chi connectivity index (χ0) is 13.0. The van der Waals surface area contributed by atoms with E-state index in [1.54, 1.807) is 19.5 Å². The Balaban J connectivity index is 2.23. The number of ether oxygens (including phenoxy) is 1. The average molecular weight is 311 g/mol. The predicted molar refractivity (Wildman–Crippen MR) is 73.3 cm³/mol. The Hall–Kier alpha value is -1.40. The maximum atomic E-state index is 5.86. The first-order chi connectivity index (χ1) is 8.72. The van der Waals surface area contributed by atoms with E-state index in [2.05, 4.69) is 26.0 Å². The number of hydrogen-bond acceptors (Lipinski definition) is 4. The Morgan fingerprint density at radius 1 is 1.50 bits per heavy atom. The first-order valence-electron chi connectivity index (χ1n) is 5.61. The number of nitrogen functional groups attached to an aromatic ring is 1. The van der Waals surface area contributed by atoms with Crippen LogP contribution >= 0.6 is 15.9 Å². The number of rotatable bonds is 5. The van der Waals surface area contributed by atoms with Crippen LogP contribution in [0.4, 0.5) is 5.82 Å². The van der Waals surface area contributed by atoms with Gasteiger partial charge in [-0.05, 0) is 22.0 Å². The van der Waals surface area contributed by atoms with Crippen LogP contribution in [0.3, 0.4) is 0 Å². The van der Waals surface area contributed by atoms with Gasteiger partial charge in [-0.25, -0.2) is 4.98 Å². The molecule has 2 aromatic heterocycles. The second-order valence-electron chi connectivity index (χ2n) is 3.88. The summed E-state index contributed by atoms with van der Waals surface area (Å²) in [6.45, 7) is 1.35. The summed E-state index contributed by atoms with van der Waals surface area (Å²) in [5.41, 5.74) is 7.93. The molecule has 2 aromatic rings. The van der Waals surface area contributed by atoms with Crippen molar-refractivity contribution >= 4 is 21.7 Å². The van der Waals surface area contributed by atoms with Crippen molar-refractivity contribution in [2.45, 2.75) is 13.0 Å². The van der Waals surface area contributed by atoms with Crippen molar-refractivity contribution in [2.75, 3.05) is 19.5 Å². The summed E-state index contributed by atoms with van der Waals surface area (Å²) in [4.78, 5) is 4.09. The predicted octanol–water partition coefficient (Wildman–Crippen LogP) is 1.86. The van der Waals surface area contributed by atoms with E-state index < -0.39 is 0 Å². The molecule has 0 aromatic carbocycles. The van der Waals surface area contributed by atoms with Crippen LogP contribution in [0.1, 0.15) is 11.3 Å². The molecular weight excluding hydrogens is 296 g/mol. The summed E-state index contributed by atoms with van der Waals surface area (Å²) >= 11 is 3.51. The van der Waals surface area contributed by atoms with Crippen LogP contribution in [0.2, 0.25) is 0 Å². The van der Waals surface area contributed by atoms with Gasteiger partial charge in [0.15, 0.2) is 0 Å². The number of nitrogens with two attached hydrogens (primary N) is 1. The van der Waals surface area contributed by atoms with Crippen molar-refractivity contribution in [2.24, 2.45) is 0 Å². The zero-order valence-corrected chi connectivity index (χ0v) is 11.7. The van der Waals surface area contributed by atoms with E-state index >= 15 is 0 Å². The molecule has 2 heterocycles. The molecule has 0 aliphatic carbocycles. The highest BCUT2D eigenvalue weighted by Gasteiger charge is 2.11. The van der Waals surface area contributed by atoms with Crippen LogP contribution in [0.15, 0.2) is 29.0 Å². The zero-order valence-electron chi connectivity index (χ0n) is 10.1. The molecule has 0 radical (unpaired) electrons. The number of hydrogen-bond donors (Lipinski definition) is 1. The van der Waals surface area contributed by atoms with Gasteiger partial charge in [0, 0.05) is 25.3 Å². The lowest BCUT2D eigenvalue weighted by atomic mass is 10.1. The highest BCUT2D eigenvalue weighted by atomic mass is 79.9. The molecular formula is C12H15BrN4O. The highest BCUT2D eigenvalue weighted by molar-refractivity contribution is 9.10. The first-order valence-corrected chi connectivity index (χ1v) is 6.40. The smallest absolute Gasteiger partial charge is 0.126 e. The van der Waals surface area contributed by atoms with E-state index in [9.17, 15) is 0 Å². The van der Waals surface area contributed by atoms with Gasteiger partial charge in [0.1, 0.15) is 5.82 Å². The maximum Gasteiger partial charge on any atom is 0.126 e. The largest absolute Gasteiger partial charge is 0.383 e. The van der Waals surface area contributed by atoms with Crippen molar-refractivity contribution in [1.29, 1.82) is 0 Å². The van der Waals surface area contributed by atoms with Crippen molar-refractivity contribution < 1.29 is 4.74 Å². The quantitative estimate of drug-likeness (QED) is 0.915.